The normalized spacial score (nSPS) is 23.5. The van der Waals surface area contributed by atoms with Crippen LogP contribution in [0.4, 0.5) is 14.5 Å². The summed E-state index contributed by atoms with van der Waals surface area (Å²) in [6.07, 6.45) is -2.61. The van der Waals surface area contributed by atoms with Gasteiger partial charge in [-0.15, -0.1) is 8.78 Å². The Bertz CT molecular complexity index is 618. The van der Waals surface area contributed by atoms with Gasteiger partial charge in [-0.25, -0.2) is 8.42 Å². The van der Waals surface area contributed by atoms with Crippen molar-refractivity contribution in [3.8, 4) is 11.5 Å². The maximum atomic E-state index is 12.9. The van der Waals surface area contributed by atoms with Crippen LogP contribution in [0.1, 0.15) is 12.8 Å². The number of halogens is 2. The predicted molar refractivity (Wildman–Crippen MR) is 67.9 cm³/mol. The number of anilines is 1. The molecule has 110 valence electrons. The molecule has 0 atom stereocenters. The van der Waals surface area contributed by atoms with Crippen LogP contribution in [0.25, 0.3) is 0 Å². The van der Waals surface area contributed by atoms with Gasteiger partial charge >= 0.3 is 6.29 Å². The Kier molecular flexibility index (Phi) is 3.00. The highest BCUT2D eigenvalue weighted by Crippen LogP contribution is 2.42. The van der Waals surface area contributed by atoms with Crippen molar-refractivity contribution in [2.75, 3.05) is 16.8 Å². The Morgan fingerprint density at radius 1 is 1.15 bits per heavy atom. The number of benzene rings is 1. The summed E-state index contributed by atoms with van der Waals surface area (Å²) in [6.45, 7) is 0. The van der Waals surface area contributed by atoms with E-state index in [1.807, 2.05) is 0 Å². The number of hydrogen-bond donors (Lipinski definition) is 1. The molecule has 0 saturated carbocycles. The molecule has 0 radical (unpaired) electrons. The smallest absolute Gasteiger partial charge is 0.395 e. The minimum atomic E-state index is -3.63. The molecule has 1 N–H and O–H groups in total. The monoisotopic (exact) mass is 305 g/mol. The fourth-order valence-electron chi connectivity index (χ4n) is 2.31. The molecule has 2 heterocycles. The summed E-state index contributed by atoms with van der Waals surface area (Å²) in [4.78, 5) is 0. The van der Waals surface area contributed by atoms with Gasteiger partial charge in [0.25, 0.3) is 0 Å². The average molecular weight is 305 g/mol. The first-order chi connectivity index (χ1) is 9.33. The zero-order chi connectivity index (χ0) is 14.4. The van der Waals surface area contributed by atoms with Crippen LogP contribution in [-0.2, 0) is 9.84 Å². The summed E-state index contributed by atoms with van der Waals surface area (Å²) in [7, 11) is -2.92. The van der Waals surface area contributed by atoms with E-state index in [2.05, 4.69) is 14.8 Å². The summed E-state index contributed by atoms with van der Waals surface area (Å²) in [6, 6.07) is 4.45. The van der Waals surface area contributed by atoms with Crippen LogP contribution in [-0.4, -0.2) is 32.3 Å². The Morgan fingerprint density at radius 3 is 2.50 bits per heavy atom. The standard InChI is InChI=1S/C12H13F2NO4S/c13-12(14)18-10-2-1-9(7-11(10)19-12)15-8-3-5-20(16,17)6-4-8/h1-2,7-8,15H,3-6H2. The fourth-order valence-corrected chi connectivity index (χ4v) is 3.80. The Balaban J connectivity index is 1.68. The third kappa shape index (κ3) is 2.79. The fraction of sp³-hybridized carbons (Fsp3) is 0.500. The number of rotatable bonds is 2. The van der Waals surface area contributed by atoms with Crippen LogP contribution < -0.4 is 14.8 Å². The second-order valence-corrected chi connectivity index (χ2v) is 7.20. The van der Waals surface area contributed by atoms with E-state index in [1.165, 1.54) is 12.1 Å². The Morgan fingerprint density at radius 2 is 1.80 bits per heavy atom. The molecule has 3 rings (SSSR count). The molecule has 1 aromatic carbocycles. The molecule has 0 amide bonds. The van der Waals surface area contributed by atoms with Crippen molar-refractivity contribution in [1.29, 1.82) is 0 Å². The van der Waals surface area contributed by atoms with Crippen molar-refractivity contribution in [1.82, 2.24) is 0 Å². The minimum absolute atomic E-state index is 0.00762. The maximum absolute atomic E-state index is 12.9. The first-order valence-electron chi connectivity index (χ1n) is 6.20. The SMILES string of the molecule is O=S1(=O)CCC(Nc2ccc3c(c2)OC(F)(F)O3)CC1. The molecule has 0 aromatic heterocycles. The van der Waals surface area contributed by atoms with Gasteiger partial charge in [-0.1, -0.05) is 0 Å². The molecule has 0 unspecified atom stereocenters. The summed E-state index contributed by atoms with van der Waals surface area (Å²) < 4.78 is 57.1. The number of sulfone groups is 1. The zero-order valence-corrected chi connectivity index (χ0v) is 11.3. The highest BCUT2D eigenvalue weighted by Gasteiger charge is 2.43. The van der Waals surface area contributed by atoms with E-state index in [0.29, 0.717) is 18.5 Å². The molecule has 1 aromatic rings. The summed E-state index contributed by atoms with van der Waals surface area (Å²) >= 11 is 0. The molecule has 20 heavy (non-hydrogen) atoms. The number of nitrogens with one attached hydrogen (secondary N) is 1. The quantitative estimate of drug-likeness (QED) is 0.905. The zero-order valence-electron chi connectivity index (χ0n) is 10.4. The molecule has 0 spiro atoms. The second-order valence-electron chi connectivity index (χ2n) is 4.90. The van der Waals surface area contributed by atoms with Gasteiger partial charge in [0.15, 0.2) is 11.5 Å². The highest BCUT2D eigenvalue weighted by atomic mass is 32.2. The molecule has 1 saturated heterocycles. The van der Waals surface area contributed by atoms with Crippen LogP contribution in [0.15, 0.2) is 18.2 Å². The van der Waals surface area contributed by atoms with Crippen LogP contribution in [0.3, 0.4) is 0 Å². The number of ether oxygens (including phenoxy) is 2. The summed E-state index contributed by atoms with van der Waals surface area (Å²) in [5, 5.41) is 3.13. The summed E-state index contributed by atoms with van der Waals surface area (Å²) in [5.74, 6) is 0.260. The van der Waals surface area contributed by atoms with Crippen LogP contribution in [0, 0.1) is 0 Å². The highest BCUT2D eigenvalue weighted by molar-refractivity contribution is 7.91. The van der Waals surface area contributed by atoms with Crippen molar-refractivity contribution in [3.05, 3.63) is 18.2 Å². The molecule has 5 nitrogen and oxygen atoms in total. The van der Waals surface area contributed by atoms with Crippen molar-refractivity contribution in [2.24, 2.45) is 0 Å². The van der Waals surface area contributed by atoms with E-state index >= 15 is 0 Å². The van der Waals surface area contributed by atoms with Gasteiger partial charge in [-0.3, -0.25) is 0 Å². The van der Waals surface area contributed by atoms with E-state index in [1.54, 1.807) is 6.07 Å². The molecular weight excluding hydrogens is 292 g/mol. The summed E-state index contributed by atoms with van der Waals surface area (Å²) in [5.41, 5.74) is 0.606. The Labute approximate surface area is 114 Å². The molecular formula is C12H13F2NO4S. The van der Waals surface area contributed by atoms with Crippen molar-refractivity contribution >= 4 is 15.5 Å². The van der Waals surface area contributed by atoms with Crippen LogP contribution >= 0.6 is 0 Å². The Hall–Kier alpha value is -1.57. The van der Waals surface area contributed by atoms with Gasteiger partial charge in [0.05, 0.1) is 11.5 Å². The number of hydrogen-bond acceptors (Lipinski definition) is 5. The van der Waals surface area contributed by atoms with E-state index in [0.717, 1.165) is 0 Å². The lowest BCUT2D eigenvalue weighted by Crippen LogP contribution is -2.32. The topological polar surface area (TPSA) is 64.6 Å². The van der Waals surface area contributed by atoms with Gasteiger partial charge in [-0.05, 0) is 25.0 Å². The predicted octanol–water partition coefficient (Wildman–Crippen LogP) is 2.00. The van der Waals surface area contributed by atoms with Gasteiger partial charge in [0.1, 0.15) is 9.84 Å². The molecule has 2 aliphatic rings. The third-order valence-corrected chi connectivity index (χ3v) is 5.04. The van der Waals surface area contributed by atoms with Crippen molar-refractivity contribution < 1.29 is 26.7 Å². The average Bonchev–Trinajstić information content (AvgIpc) is 2.65. The molecule has 2 aliphatic heterocycles. The van der Waals surface area contributed by atoms with Gasteiger partial charge in [0.2, 0.25) is 0 Å². The maximum Gasteiger partial charge on any atom is 0.586 e. The second kappa shape index (κ2) is 4.47. The van der Waals surface area contributed by atoms with E-state index < -0.39 is 16.1 Å². The van der Waals surface area contributed by atoms with Crippen molar-refractivity contribution in [2.45, 2.75) is 25.2 Å². The number of alkyl halides is 2. The van der Waals surface area contributed by atoms with E-state index in [9.17, 15) is 17.2 Å². The lowest BCUT2D eigenvalue weighted by atomic mass is 10.1. The van der Waals surface area contributed by atoms with Gasteiger partial charge < -0.3 is 14.8 Å². The molecule has 0 aliphatic carbocycles. The van der Waals surface area contributed by atoms with Gasteiger partial charge in [-0.2, -0.15) is 0 Å². The lowest BCUT2D eigenvalue weighted by Gasteiger charge is -2.24. The first-order valence-corrected chi connectivity index (χ1v) is 8.02. The minimum Gasteiger partial charge on any atom is -0.395 e. The number of fused-ring (bicyclic) bond motifs is 1. The van der Waals surface area contributed by atoms with E-state index in [4.69, 9.17) is 0 Å². The third-order valence-electron chi connectivity index (χ3n) is 3.33. The molecule has 1 fully saturated rings. The van der Waals surface area contributed by atoms with Gasteiger partial charge in [0, 0.05) is 17.8 Å². The molecule has 8 heteroatoms. The lowest BCUT2D eigenvalue weighted by molar-refractivity contribution is -0.286. The van der Waals surface area contributed by atoms with Crippen molar-refractivity contribution in [3.63, 3.8) is 0 Å². The van der Waals surface area contributed by atoms with Crippen LogP contribution in [0.5, 0.6) is 11.5 Å². The first kappa shape index (κ1) is 13.4. The van der Waals surface area contributed by atoms with E-state index in [-0.39, 0.29) is 29.0 Å². The van der Waals surface area contributed by atoms with Crippen LogP contribution in [0.2, 0.25) is 0 Å². The largest absolute Gasteiger partial charge is 0.586 e. The molecule has 0 bridgehead atoms.